The van der Waals surface area contributed by atoms with E-state index in [1.54, 1.807) is 51.9 Å². The number of hydrogen-bond donors (Lipinski definition) is 0. The molecule has 0 fully saturated rings. The summed E-state index contributed by atoms with van der Waals surface area (Å²) in [4.78, 5) is 17.4. The number of benzene rings is 4. The van der Waals surface area contributed by atoms with E-state index in [1.807, 2.05) is 54.6 Å². The second-order valence-corrected chi connectivity index (χ2v) is 12.4. The normalized spacial score (nSPS) is 11.0. The van der Waals surface area contributed by atoms with Crippen molar-refractivity contribution < 1.29 is 33.2 Å². The lowest BCUT2D eigenvalue weighted by molar-refractivity contribution is 0.0923. The van der Waals surface area contributed by atoms with E-state index in [0.717, 1.165) is 46.7 Å². The molecule has 4 aromatic carbocycles. The topological polar surface area (TPSA) is 103 Å². The number of aromatic nitrogens is 3. The largest absolute Gasteiger partial charge is 0.494 e. The smallest absolute Gasteiger partial charge is 0.244 e. The zero-order valence-electron chi connectivity index (χ0n) is 28.7. The molecule has 0 aliphatic carbocycles. The van der Waals surface area contributed by atoms with Crippen LogP contribution in [-0.2, 0) is 0 Å². The highest BCUT2D eigenvalue weighted by molar-refractivity contribution is 7.21. The molecule has 0 aliphatic rings. The quantitative estimate of drug-likeness (QED) is 0.0977. The molecule has 0 unspecified atom stereocenters. The Balaban J connectivity index is 1.06. The van der Waals surface area contributed by atoms with Crippen LogP contribution in [-0.4, -0.2) is 62.3 Å². The molecular formula is C39H39N3O7S. The van der Waals surface area contributed by atoms with Gasteiger partial charge in [0.1, 0.15) is 10.8 Å². The summed E-state index contributed by atoms with van der Waals surface area (Å²) in [6.45, 7) is 2.58. The standard InChI is InChI=1S/C39H39N3O7S/c1-25(43)42-32(24-31(41-42)28-22-35(45-3)38(47-5)36(23-28)46-4)27-15-18-33(44-2)34(21-27)49-20-10-6-9-19-48-29-16-13-26(14-17-29)39-40-30-11-7-8-12-37(30)50-39/h7-8,11-18,21-24H,6,9-10,19-20H2,1-5H3. The van der Waals surface area contributed by atoms with Gasteiger partial charge in [0.05, 0.1) is 63.3 Å². The highest BCUT2D eigenvalue weighted by atomic mass is 32.1. The van der Waals surface area contributed by atoms with Gasteiger partial charge in [0.25, 0.3) is 0 Å². The molecule has 0 aliphatic heterocycles. The molecule has 0 bridgehead atoms. The van der Waals surface area contributed by atoms with E-state index in [9.17, 15) is 4.79 Å². The number of nitrogens with zero attached hydrogens (tertiary/aromatic N) is 3. The van der Waals surface area contributed by atoms with Crippen LogP contribution in [0.1, 0.15) is 31.0 Å². The van der Waals surface area contributed by atoms with Crippen LogP contribution in [0.5, 0.6) is 34.5 Å². The molecule has 0 saturated heterocycles. The van der Waals surface area contributed by atoms with Gasteiger partial charge in [-0.1, -0.05) is 12.1 Å². The molecule has 0 amide bonds. The van der Waals surface area contributed by atoms with Crippen molar-refractivity contribution >= 4 is 27.5 Å². The number of rotatable bonds is 15. The van der Waals surface area contributed by atoms with Crippen LogP contribution in [0.2, 0.25) is 0 Å². The van der Waals surface area contributed by atoms with Crippen molar-refractivity contribution in [2.24, 2.45) is 0 Å². The van der Waals surface area contributed by atoms with Gasteiger partial charge in [-0.2, -0.15) is 9.78 Å². The molecule has 6 rings (SSSR count). The lowest BCUT2D eigenvalue weighted by Gasteiger charge is -2.13. The highest BCUT2D eigenvalue weighted by Crippen LogP contribution is 2.42. The Kier molecular flexibility index (Phi) is 10.8. The molecule has 10 nitrogen and oxygen atoms in total. The SMILES string of the molecule is COc1ccc(-c2cc(-c3cc(OC)c(OC)c(OC)c3)nn2C(C)=O)cc1OCCCCCOc1ccc(-c2nc3ccccc3s2)cc1. The number of thiazole rings is 1. The number of ether oxygens (including phenoxy) is 6. The summed E-state index contributed by atoms with van der Waals surface area (Å²) in [6.07, 6.45) is 2.66. The number of hydrogen-bond acceptors (Lipinski definition) is 10. The lowest BCUT2D eigenvalue weighted by Crippen LogP contribution is -2.09. The maximum absolute atomic E-state index is 12.7. The molecule has 0 saturated carbocycles. The first-order valence-corrected chi connectivity index (χ1v) is 17.1. The number of fused-ring (bicyclic) bond motifs is 1. The van der Waals surface area contributed by atoms with Crippen LogP contribution >= 0.6 is 11.3 Å². The fourth-order valence-electron chi connectivity index (χ4n) is 5.59. The van der Waals surface area contributed by atoms with Crippen LogP contribution < -0.4 is 28.4 Å². The third kappa shape index (κ3) is 7.52. The Morgan fingerprint density at radius 3 is 2.00 bits per heavy atom. The van der Waals surface area contributed by atoms with Gasteiger partial charge in [0, 0.05) is 23.6 Å². The van der Waals surface area contributed by atoms with Crippen molar-refractivity contribution in [1.82, 2.24) is 14.8 Å². The maximum atomic E-state index is 12.7. The van der Waals surface area contributed by atoms with E-state index in [2.05, 4.69) is 23.3 Å². The zero-order valence-corrected chi connectivity index (χ0v) is 29.5. The first-order chi connectivity index (χ1) is 24.4. The monoisotopic (exact) mass is 693 g/mol. The molecule has 0 spiro atoms. The van der Waals surface area contributed by atoms with Crippen LogP contribution in [0.4, 0.5) is 0 Å². The molecule has 0 N–H and O–H groups in total. The van der Waals surface area contributed by atoms with Crippen molar-refractivity contribution in [3.05, 3.63) is 84.9 Å². The van der Waals surface area contributed by atoms with Crippen LogP contribution in [0.25, 0.3) is 43.3 Å². The van der Waals surface area contributed by atoms with Crippen molar-refractivity contribution in [1.29, 1.82) is 0 Å². The third-order valence-corrected chi connectivity index (χ3v) is 9.22. The molecule has 258 valence electrons. The summed E-state index contributed by atoms with van der Waals surface area (Å²) in [5.74, 6) is 3.24. The van der Waals surface area contributed by atoms with E-state index in [4.69, 9.17) is 33.4 Å². The van der Waals surface area contributed by atoms with Crippen LogP contribution in [0, 0.1) is 0 Å². The second-order valence-electron chi connectivity index (χ2n) is 11.4. The predicted octanol–water partition coefficient (Wildman–Crippen LogP) is 8.82. The Morgan fingerprint density at radius 2 is 1.34 bits per heavy atom. The van der Waals surface area contributed by atoms with Gasteiger partial charge in [-0.05, 0) is 92.1 Å². The number of carbonyl (C=O) groups excluding carboxylic acids is 1. The molecule has 6 aromatic rings. The fourth-order valence-corrected chi connectivity index (χ4v) is 6.56. The van der Waals surface area contributed by atoms with Crippen LogP contribution in [0.3, 0.4) is 0 Å². The summed E-state index contributed by atoms with van der Waals surface area (Å²) in [7, 11) is 6.26. The summed E-state index contributed by atoms with van der Waals surface area (Å²) >= 11 is 1.69. The molecule has 0 atom stereocenters. The lowest BCUT2D eigenvalue weighted by atomic mass is 10.1. The Hall–Kier alpha value is -5.55. The summed E-state index contributed by atoms with van der Waals surface area (Å²) in [6, 6.07) is 27.3. The van der Waals surface area contributed by atoms with E-state index < -0.39 is 0 Å². The molecule has 2 heterocycles. The Morgan fingerprint density at radius 1 is 0.680 bits per heavy atom. The molecule has 50 heavy (non-hydrogen) atoms. The maximum Gasteiger partial charge on any atom is 0.244 e. The van der Waals surface area contributed by atoms with E-state index in [0.29, 0.717) is 58.9 Å². The summed E-state index contributed by atoms with van der Waals surface area (Å²) < 4.78 is 36.8. The first-order valence-electron chi connectivity index (χ1n) is 16.2. The average Bonchev–Trinajstić information content (AvgIpc) is 3.80. The van der Waals surface area contributed by atoms with E-state index in [-0.39, 0.29) is 5.91 Å². The summed E-state index contributed by atoms with van der Waals surface area (Å²) in [5.41, 5.74) is 4.74. The van der Waals surface area contributed by atoms with Crippen molar-refractivity contribution in [3.63, 3.8) is 0 Å². The predicted molar refractivity (Wildman–Crippen MR) is 196 cm³/mol. The van der Waals surface area contributed by atoms with Gasteiger partial charge < -0.3 is 28.4 Å². The molecule has 0 radical (unpaired) electrons. The van der Waals surface area contributed by atoms with Gasteiger partial charge in [0.2, 0.25) is 11.7 Å². The molecule has 11 heteroatoms. The van der Waals surface area contributed by atoms with Gasteiger partial charge >= 0.3 is 0 Å². The van der Waals surface area contributed by atoms with Crippen molar-refractivity contribution in [3.8, 4) is 67.6 Å². The van der Waals surface area contributed by atoms with E-state index >= 15 is 0 Å². The first kappa shape index (κ1) is 34.3. The number of methoxy groups -OCH3 is 4. The van der Waals surface area contributed by atoms with Gasteiger partial charge in [-0.3, -0.25) is 4.79 Å². The minimum Gasteiger partial charge on any atom is -0.494 e. The minimum atomic E-state index is -0.233. The molecule has 2 aromatic heterocycles. The fraction of sp³-hybridized carbons (Fsp3) is 0.256. The van der Waals surface area contributed by atoms with Gasteiger partial charge in [-0.25, -0.2) is 4.98 Å². The average molecular weight is 694 g/mol. The Labute approximate surface area is 295 Å². The van der Waals surface area contributed by atoms with Crippen LogP contribution in [0.15, 0.2) is 84.9 Å². The minimum absolute atomic E-state index is 0.233. The van der Waals surface area contributed by atoms with Crippen molar-refractivity contribution in [2.45, 2.75) is 26.2 Å². The highest BCUT2D eigenvalue weighted by Gasteiger charge is 2.20. The third-order valence-electron chi connectivity index (χ3n) is 8.14. The number of unbranched alkanes of at least 4 members (excludes halogenated alkanes) is 2. The molecular weight excluding hydrogens is 655 g/mol. The Bertz CT molecular complexity index is 2030. The second kappa shape index (κ2) is 15.8. The van der Waals surface area contributed by atoms with Gasteiger partial charge in [0.15, 0.2) is 23.0 Å². The zero-order chi connectivity index (χ0) is 35.0. The van der Waals surface area contributed by atoms with Crippen molar-refractivity contribution in [2.75, 3.05) is 41.7 Å². The number of para-hydroxylation sites is 1. The number of carbonyl (C=O) groups is 1. The van der Waals surface area contributed by atoms with Gasteiger partial charge in [-0.15, -0.1) is 11.3 Å². The summed E-state index contributed by atoms with van der Waals surface area (Å²) in [5, 5.41) is 5.62. The van der Waals surface area contributed by atoms with E-state index in [1.165, 1.54) is 16.3 Å².